The van der Waals surface area contributed by atoms with Crippen LogP contribution >= 0.6 is 0 Å². The summed E-state index contributed by atoms with van der Waals surface area (Å²) < 4.78 is 0. The lowest BCUT2D eigenvalue weighted by molar-refractivity contribution is -0.123. The van der Waals surface area contributed by atoms with Crippen molar-refractivity contribution in [1.29, 1.82) is 0 Å². The maximum absolute atomic E-state index is 11.9. The van der Waals surface area contributed by atoms with Gasteiger partial charge in [-0.2, -0.15) is 0 Å². The molecule has 0 fully saturated rings. The van der Waals surface area contributed by atoms with Crippen molar-refractivity contribution in [1.82, 2.24) is 5.32 Å². The zero-order chi connectivity index (χ0) is 13.4. The Morgan fingerprint density at radius 2 is 1.82 bits per heavy atom. The van der Waals surface area contributed by atoms with E-state index in [-0.39, 0.29) is 11.9 Å². The summed E-state index contributed by atoms with van der Waals surface area (Å²) in [4.78, 5) is 11.9. The first-order valence-corrected chi connectivity index (χ1v) is 6.90. The second-order valence-corrected chi connectivity index (χ2v) is 5.68. The van der Waals surface area contributed by atoms with E-state index in [1.807, 2.05) is 0 Å². The molecule has 0 bridgehead atoms. The number of nitrogens with two attached hydrogens (primary N) is 1. The number of nitrogens with one attached hydrogen (secondary N) is 1. The predicted molar refractivity (Wildman–Crippen MR) is 73.7 cm³/mol. The molecule has 3 atom stereocenters. The molecule has 1 amide bonds. The average Bonchev–Trinajstić information content (AvgIpc) is 2.25. The highest BCUT2D eigenvalue weighted by Crippen LogP contribution is 2.15. The first kappa shape index (κ1) is 16.4. The summed E-state index contributed by atoms with van der Waals surface area (Å²) in [6.45, 7) is 11.3. The van der Waals surface area contributed by atoms with Crippen molar-refractivity contribution in [3.05, 3.63) is 0 Å². The van der Waals surface area contributed by atoms with E-state index in [0.29, 0.717) is 30.7 Å². The first-order valence-electron chi connectivity index (χ1n) is 6.90. The van der Waals surface area contributed by atoms with E-state index >= 15 is 0 Å². The minimum absolute atomic E-state index is 0.147. The molecule has 0 saturated carbocycles. The molecule has 3 heteroatoms. The summed E-state index contributed by atoms with van der Waals surface area (Å²) in [7, 11) is 0. The third kappa shape index (κ3) is 7.37. The third-order valence-corrected chi connectivity index (χ3v) is 3.50. The Hall–Kier alpha value is -0.570. The molecular weight excluding hydrogens is 212 g/mol. The van der Waals surface area contributed by atoms with Gasteiger partial charge in [0.15, 0.2) is 0 Å². The quantitative estimate of drug-likeness (QED) is 0.687. The van der Waals surface area contributed by atoms with Gasteiger partial charge in [0.1, 0.15) is 0 Å². The lowest BCUT2D eigenvalue weighted by Gasteiger charge is -2.22. The fourth-order valence-electron chi connectivity index (χ4n) is 2.00. The van der Waals surface area contributed by atoms with Crippen LogP contribution in [0.5, 0.6) is 0 Å². The molecule has 102 valence electrons. The second-order valence-electron chi connectivity index (χ2n) is 5.68. The van der Waals surface area contributed by atoms with E-state index in [1.54, 1.807) is 0 Å². The first-order chi connectivity index (χ1) is 7.90. The summed E-state index contributed by atoms with van der Waals surface area (Å²) >= 11 is 0. The van der Waals surface area contributed by atoms with Gasteiger partial charge in [-0.15, -0.1) is 0 Å². The van der Waals surface area contributed by atoms with Crippen LogP contribution in [0, 0.1) is 17.8 Å². The number of hydrogen-bond acceptors (Lipinski definition) is 2. The Morgan fingerprint density at radius 1 is 1.24 bits per heavy atom. The standard InChI is InChI=1S/C14H30N2O/c1-6-11(4)12(5)16-14(17)8-13(9-15)7-10(2)3/h10-13H,6-9,15H2,1-5H3,(H,16,17)/t11?,12?,13-/m0/s1. The zero-order valence-electron chi connectivity index (χ0n) is 12.1. The van der Waals surface area contributed by atoms with E-state index in [1.165, 1.54) is 0 Å². The predicted octanol–water partition coefficient (Wildman–Crippen LogP) is 2.55. The van der Waals surface area contributed by atoms with Gasteiger partial charge < -0.3 is 11.1 Å². The van der Waals surface area contributed by atoms with E-state index in [2.05, 4.69) is 39.9 Å². The molecule has 2 unspecified atom stereocenters. The van der Waals surface area contributed by atoms with Crippen molar-refractivity contribution in [2.24, 2.45) is 23.5 Å². The van der Waals surface area contributed by atoms with Crippen LogP contribution in [0.2, 0.25) is 0 Å². The molecule has 0 aromatic rings. The number of carbonyl (C=O) groups is 1. The molecule has 0 spiro atoms. The monoisotopic (exact) mass is 242 g/mol. The molecule has 0 aliphatic heterocycles. The van der Waals surface area contributed by atoms with Gasteiger partial charge in [-0.05, 0) is 37.6 Å². The van der Waals surface area contributed by atoms with Gasteiger partial charge in [0.25, 0.3) is 0 Å². The smallest absolute Gasteiger partial charge is 0.220 e. The molecule has 0 radical (unpaired) electrons. The maximum Gasteiger partial charge on any atom is 0.220 e. The minimum Gasteiger partial charge on any atom is -0.353 e. The molecule has 3 N–H and O–H groups in total. The third-order valence-electron chi connectivity index (χ3n) is 3.50. The number of rotatable bonds is 8. The maximum atomic E-state index is 11.9. The normalized spacial score (nSPS) is 16.6. The highest BCUT2D eigenvalue weighted by atomic mass is 16.1. The van der Waals surface area contributed by atoms with Crippen LogP contribution in [0.1, 0.15) is 53.9 Å². The Bertz CT molecular complexity index is 216. The lowest BCUT2D eigenvalue weighted by Crippen LogP contribution is -2.38. The molecule has 0 aromatic heterocycles. The van der Waals surface area contributed by atoms with E-state index in [4.69, 9.17) is 5.73 Å². The number of amides is 1. The van der Waals surface area contributed by atoms with Crippen LogP contribution in [-0.4, -0.2) is 18.5 Å². The summed E-state index contributed by atoms with van der Waals surface area (Å²) in [6.07, 6.45) is 2.69. The van der Waals surface area contributed by atoms with Crippen LogP contribution in [0.4, 0.5) is 0 Å². The zero-order valence-corrected chi connectivity index (χ0v) is 12.1. The van der Waals surface area contributed by atoms with Crippen molar-refractivity contribution < 1.29 is 4.79 Å². The Balaban J connectivity index is 4.06. The molecule has 0 heterocycles. The van der Waals surface area contributed by atoms with E-state index in [9.17, 15) is 4.79 Å². The highest BCUT2D eigenvalue weighted by Gasteiger charge is 2.17. The molecule has 0 saturated heterocycles. The van der Waals surface area contributed by atoms with Crippen molar-refractivity contribution in [3.8, 4) is 0 Å². The summed E-state index contributed by atoms with van der Waals surface area (Å²) in [5.74, 6) is 1.59. The van der Waals surface area contributed by atoms with Crippen molar-refractivity contribution >= 4 is 5.91 Å². The Labute approximate surface area is 107 Å². The SMILES string of the molecule is CCC(C)C(C)NC(=O)C[C@@H](CN)CC(C)C. The fraction of sp³-hybridized carbons (Fsp3) is 0.929. The molecule has 17 heavy (non-hydrogen) atoms. The van der Waals surface area contributed by atoms with Gasteiger partial charge in [0.05, 0.1) is 0 Å². The topological polar surface area (TPSA) is 55.1 Å². The molecule has 0 rings (SSSR count). The molecule has 0 aliphatic carbocycles. The van der Waals surface area contributed by atoms with Gasteiger partial charge in [-0.25, -0.2) is 0 Å². The van der Waals surface area contributed by atoms with Crippen LogP contribution in [0.3, 0.4) is 0 Å². The van der Waals surface area contributed by atoms with Gasteiger partial charge in [0, 0.05) is 12.5 Å². The number of carbonyl (C=O) groups excluding carboxylic acids is 1. The van der Waals surface area contributed by atoms with Crippen LogP contribution in [0.15, 0.2) is 0 Å². The average molecular weight is 242 g/mol. The van der Waals surface area contributed by atoms with Crippen LogP contribution < -0.4 is 11.1 Å². The number of hydrogen-bond donors (Lipinski definition) is 2. The second kappa shape index (κ2) is 8.51. The van der Waals surface area contributed by atoms with Crippen LogP contribution in [-0.2, 0) is 4.79 Å². The largest absolute Gasteiger partial charge is 0.353 e. The Morgan fingerprint density at radius 3 is 2.24 bits per heavy atom. The van der Waals surface area contributed by atoms with Crippen LogP contribution in [0.25, 0.3) is 0 Å². The molecule has 0 aromatic carbocycles. The fourth-order valence-corrected chi connectivity index (χ4v) is 2.00. The van der Waals surface area contributed by atoms with Gasteiger partial charge in [0.2, 0.25) is 5.91 Å². The lowest BCUT2D eigenvalue weighted by atomic mass is 9.93. The van der Waals surface area contributed by atoms with Gasteiger partial charge in [-0.3, -0.25) is 4.79 Å². The molecule has 3 nitrogen and oxygen atoms in total. The van der Waals surface area contributed by atoms with E-state index < -0.39 is 0 Å². The molecule has 0 aliphatic rings. The minimum atomic E-state index is 0.147. The van der Waals surface area contributed by atoms with Gasteiger partial charge >= 0.3 is 0 Å². The molecular formula is C14H30N2O. The van der Waals surface area contributed by atoms with E-state index in [0.717, 1.165) is 12.8 Å². The van der Waals surface area contributed by atoms with Crippen molar-refractivity contribution in [2.75, 3.05) is 6.54 Å². The summed E-state index contributed by atoms with van der Waals surface area (Å²) in [5.41, 5.74) is 5.71. The van der Waals surface area contributed by atoms with Crippen molar-refractivity contribution in [2.45, 2.75) is 59.9 Å². The summed E-state index contributed by atoms with van der Waals surface area (Å²) in [6, 6.07) is 0.255. The summed E-state index contributed by atoms with van der Waals surface area (Å²) in [5, 5.41) is 3.07. The Kier molecular flexibility index (Phi) is 8.23. The van der Waals surface area contributed by atoms with Gasteiger partial charge in [-0.1, -0.05) is 34.1 Å². The highest BCUT2D eigenvalue weighted by molar-refractivity contribution is 5.76. The van der Waals surface area contributed by atoms with Crippen molar-refractivity contribution in [3.63, 3.8) is 0 Å².